The maximum Gasteiger partial charge on any atom is 0.338 e. The van der Waals surface area contributed by atoms with Gasteiger partial charge in [-0.2, -0.15) is 0 Å². The predicted octanol–water partition coefficient (Wildman–Crippen LogP) is 5.25. The van der Waals surface area contributed by atoms with Crippen molar-refractivity contribution in [3.63, 3.8) is 0 Å². The van der Waals surface area contributed by atoms with E-state index in [1.165, 1.54) is 18.2 Å². The molecule has 162 valence electrons. The molecule has 0 bridgehead atoms. The lowest BCUT2D eigenvalue weighted by Gasteiger charge is -2.16. The lowest BCUT2D eigenvalue weighted by molar-refractivity contribution is -0.124. The van der Waals surface area contributed by atoms with Crippen LogP contribution in [0.4, 0.5) is 10.1 Å². The van der Waals surface area contributed by atoms with Crippen LogP contribution in [0.2, 0.25) is 0 Å². The van der Waals surface area contributed by atoms with E-state index in [0.29, 0.717) is 16.9 Å². The highest BCUT2D eigenvalue weighted by Gasteiger charge is 2.23. The van der Waals surface area contributed by atoms with Crippen LogP contribution in [0.15, 0.2) is 66.7 Å². The number of rotatable bonds is 6. The average Bonchev–Trinajstić information content (AvgIpc) is 3.22. The molecular weight excluding hydrogens is 409 g/mol. The smallest absolute Gasteiger partial charge is 0.338 e. The molecular formula is C25H22FN3O3. The number of aryl methyl sites for hydroxylation is 1. The van der Waals surface area contributed by atoms with Crippen LogP contribution in [-0.4, -0.2) is 27.9 Å². The van der Waals surface area contributed by atoms with Crippen LogP contribution >= 0.6 is 0 Å². The van der Waals surface area contributed by atoms with Gasteiger partial charge in [-0.15, -0.1) is 0 Å². The number of amides is 1. The highest BCUT2D eigenvalue weighted by Crippen LogP contribution is 2.22. The molecule has 0 aliphatic rings. The van der Waals surface area contributed by atoms with Crippen molar-refractivity contribution in [3.05, 3.63) is 83.7 Å². The molecule has 1 heterocycles. The maximum atomic E-state index is 13.8. The second kappa shape index (κ2) is 9.01. The van der Waals surface area contributed by atoms with E-state index < -0.39 is 23.8 Å². The number of H-pyrrole nitrogens is 1. The molecule has 0 aliphatic heterocycles. The summed E-state index contributed by atoms with van der Waals surface area (Å²) < 4.78 is 19.2. The molecule has 0 fully saturated rings. The number of ether oxygens (including phenoxy) is 1. The van der Waals surface area contributed by atoms with Gasteiger partial charge in [0.15, 0.2) is 6.10 Å². The van der Waals surface area contributed by atoms with Gasteiger partial charge in [0.1, 0.15) is 11.6 Å². The van der Waals surface area contributed by atoms with E-state index in [2.05, 4.69) is 15.3 Å². The van der Waals surface area contributed by atoms with E-state index in [0.717, 1.165) is 11.1 Å². The standard InChI is InChI=1S/C25H22FN3O3/c1-3-22(24(30)29-19-7-5-4-6-18(19)26)32-25(31)17-12-13-20-21(14-17)28-23(27-20)16-10-8-15(2)9-11-16/h4-14,22H,3H2,1-2H3,(H,27,28)(H,29,30). The van der Waals surface area contributed by atoms with E-state index in [9.17, 15) is 14.0 Å². The van der Waals surface area contributed by atoms with Gasteiger partial charge in [0.2, 0.25) is 0 Å². The Morgan fingerprint density at radius 3 is 2.56 bits per heavy atom. The molecule has 2 N–H and O–H groups in total. The van der Waals surface area contributed by atoms with E-state index in [1.54, 1.807) is 31.2 Å². The Morgan fingerprint density at radius 1 is 1.09 bits per heavy atom. The van der Waals surface area contributed by atoms with Crippen molar-refractivity contribution in [3.8, 4) is 11.4 Å². The average molecular weight is 431 g/mol. The van der Waals surface area contributed by atoms with Gasteiger partial charge in [0, 0.05) is 5.56 Å². The number of fused-ring (bicyclic) bond motifs is 1. The molecule has 6 nitrogen and oxygen atoms in total. The summed E-state index contributed by atoms with van der Waals surface area (Å²) in [6.45, 7) is 3.73. The Balaban J connectivity index is 1.50. The molecule has 1 unspecified atom stereocenters. The number of carbonyl (C=O) groups is 2. The van der Waals surface area contributed by atoms with Crippen molar-refractivity contribution in [2.45, 2.75) is 26.4 Å². The molecule has 4 aromatic rings. The van der Waals surface area contributed by atoms with Crippen LogP contribution in [0.25, 0.3) is 22.4 Å². The quantitative estimate of drug-likeness (QED) is 0.408. The molecule has 4 rings (SSSR count). The Morgan fingerprint density at radius 2 is 1.84 bits per heavy atom. The van der Waals surface area contributed by atoms with Crippen LogP contribution < -0.4 is 5.32 Å². The fraction of sp³-hybridized carbons (Fsp3) is 0.160. The number of aromatic amines is 1. The zero-order valence-electron chi connectivity index (χ0n) is 17.7. The van der Waals surface area contributed by atoms with Gasteiger partial charge in [-0.25, -0.2) is 14.2 Å². The number of carbonyl (C=O) groups excluding carboxylic acids is 2. The third-order valence-electron chi connectivity index (χ3n) is 5.09. The zero-order valence-corrected chi connectivity index (χ0v) is 17.7. The SMILES string of the molecule is CCC(OC(=O)c1ccc2nc(-c3ccc(C)cc3)[nH]c2c1)C(=O)Nc1ccccc1F. The Kier molecular flexibility index (Phi) is 5.98. The van der Waals surface area contributed by atoms with Crippen molar-refractivity contribution in [1.29, 1.82) is 0 Å². The van der Waals surface area contributed by atoms with Gasteiger partial charge in [-0.05, 0) is 43.7 Å². The highest BCUT2D eigenvalue weighted by atomic mass is 19.1. The number of imidazole rings is 1. The maximum absolute atomic E-state index is 13.8. The van der Waals surface area contributed by atoms with E-state index >= 15 is 0 Å². The molecule has 0 saturated carbocycles. The van der Waals surface area contributed by atoms with Gasteiger partial charge < -0.3 is 15.0 Å². The van der Waals surface area contributed by atoms with Gasteiger partial charge >= 0.3 is 5.97 Å². The summed E-state index contributed by atoms with van der Waals surface area (Å²) in [5, 5.41) is 2.47. The van der Waals surface area contributed by atoms with E-state index in [-0.39, 0.29) is 17.7 Å². The molecule has 0 spiro atoms. The van der Waals surface area contributed by atoms with Crippen molar-refractivity contribution in [1.82, 2.24) is 9.97 Å². The molecule has 32 heavy (non-hydrogen) atoms. The second-order valence-electron chi connectivity index (χ2n) is 7.45. The van der Waals surface area contributed by atoms with Crippen molar-refractivity contribution in [2.75, 3.05) is 5.32 Å². The van der Waals surface area contributed by atoms with E-state index in [4.69, 9.17) is 4.74 Å². The Hall–Kier alpha value is -4.00. The normalized spacial score (nSPS) is 11.8. The summed E-state index contributed by atoms with van der Waals surface area (Å²) in [5.74, 6) is -1.10. The fourth-order valence-electron chi connectivity index (χ4n) is 3.28. The highest BCUT2D eigenvalue weighted by molar-refractivity contribution is 5.99. The largest absolute Gasteiger partial charge is 0.449 e. The number of nitrogens with zero attached hydrogens (tertiary/aromatic N) is 1. The van der Waals surface area contributed by atoms with Crippen molar-refractivity contribution < 1.29 is 18.7 Å². The first kappa shape index (κ1) is 21.2. The number of esters is 1. The van der Waals surface area contributed by atoms with Crippen LogP contribution in [-0.2, 0) is 9.53 Å². The number of benzene rings is 3. The number of nitrogens with one attached hydrogen (secondary N) is 2. The summed E-state index contributed by atoms with van der Waals surface area (Å²) in [4.78, 5) is 33.0. The summed E-state index contributed by atoms with van der Waals surface area (Å²) in [6.07, 6.45) is -0.807. The number of halogens is 1. The van der Waals surface area contributed by atoms with E-state index in [1.807, 2.05) is 31.2 Å². The molecule has 0 aliphatic carbocycles. The number of hydrogen-bond acceptors (Lipinski definition) is 4. The van der Waals surface area contributed by atoms with Gasteiger partial charge in [0.25, 0.3) is 5.91 Å². The predicted molar refractivity (Wildman–Crippen MR) is 121 cm³/mol. The number of anilines is 1. The first-order chi connectivity index (χ1) is 15.4. The second-order valence-corrected chi connectivity index (χ2v) is 7.45. The minimum atomic E-state index is -1.05. The summed E-state index contributed by atoms with van der Waals surface area (Å²) in [7, 11) is 0. The Labute approximate surface area is 184 Å². The summed E-state index contributed by atoms with van der Waals surface area (Å²) in [6, 6.07) is 18.7. The zero-order chi connectivity index (χ0) is 22.7. The third-order valence-corrected chi connectivity index (χ3v) is 5.09. The number of para-hydroxylation sites is 1. The molecule has 0 saturated heterocycles. The monoisotopic (exact) mass is 431 g/mol. The summed E-state index contributed by atoms with van der Waals surface area (Å²) in [5.41, 5.74) is 3.80. The van der Waals surface area contributed by atoms with Gasteiger partial charge in [-0.1, -0.05) is 48.9 Å². The summed E-state index contributed by atoms with van der Waals surface area (Å²) >= 11 is 0. The number of hydrogen-bond donors (Lipinski definition) is 2. The first-order valence-corrected chi connectivity index (χ1v) is 10.3. The lowest BCUT2D eigenvalue weighted by atomic mass is 10.1. The molecule has 0 radical (unpaired) electrons. The Bertz CT molecular complexity index is 1280. The van der Waals surface area contributed by atoms with Gasteiger partial charge in [0.05, 0.1) is 22.3 Å². The molecule has 1 amide bonds. The first-order valence-electron chi connectivity index (χ1n) is 10.3. The van der Waals surface area contributed by atoms with Crippen molar-refractivity contribution >= 4 is 28.6 Å². The molecule has 1 aromatic heterocycles. The minimum Gasteiger partial charge on any atom is -0.449 e. The lowest BCUT2D eigenvalue weighted by Crippen LogP contribution is -2.32. The van der Waals surface area contributed by atoms with Crippen molar-refractivity contribution in [2.24, 2.45) is 0 Å². The molecule has 1 atom stereocenters. The number of aromatic nitrogens is 2. The molecule has 3 aromatic carbocycles. The van der Waals surface area contributed by atoms with Crippen LogP contribution in [0.3, 0.4) is 0 Å². The van der Waals surface area contributed by atoms with Crippen LogP contribution in [0.1, 0.15) is 29.3 Å². The third kappa shape index (κ3) is 4.51. The van der Waals surface area contributed by atoms with Crippen LogP contribution in [0.5, 0.6) is 0 Å². The minimum absolute atomic E-state index is 0.0366. The van der Waals surface area contributed by atoms with Crippen LogP contribution in [0, 0.1) is 12.7 Å². The molecule has 7 heteroatoms. The fourth-order valence-corrected chi connectivity index (χ4v) is 3.28. The van der Waals surface area contributed by atoms with Gasteiger partial charge in [-0.3, -0.25) is 4.79 Å². The topological polar surface area (TPSA) is 84.1 Å².